The minimum absolute atomic E-state index is 0.340. The molecule has 2 heteroatoms. The Balaban J connectivity index is 2.00. The van der Waals surface area contributed by atoms with E-state index in [4.69, 9.17) is 10.5 Å². The molecule has 0 atom stereocenters. The highest BCUT2D eigenvalue weighted by Crippen LogP contribution is 2.37. The first-order valence-corrected chi connectivity index (χ1v) is 6.50. The summed E-state index contributed by atoms with van der Waals surface area (Å²) in [6, 6.07) is 6.00. The highest BCUT2D eigenvalue weighted by Gasteiger charge is 2.28. The maximum Gasteiger partial charge on any atom is 0.142 e. The third kappa shape index (κ3) is 2.93. The Morgan fingerprint density at radius 1 is 1.24 bits per heavy atom. The fraction of sp³-hybridized carbons (Fsp3) is 0.600. The molecule has 0 amide bonds. The van der Waals surface area contributed by atoms with Crippen LogP contribution < -0.4 is 10.5 Å². The van der Waals surface area contributed by atoms with Crippen LogP contribution in [0.3, 0.4) is 0 Å². The van der Waals surface area contributed by atoms with Gasteiger partial charge >= 0.3 is 0 Å². The van der Waals surface area contributed by atoms with Crippen molar-refractivity contribution in [1.82, 2.24) is 0 Å². The third-order valence-corrected chi connectivity index (χ3v) is 3.86. The SMILES string of the molecule is Cc1cccc(OC2CCC(C)(C)CC2)c1N. The van der Waals surface area contributed by atoms with Crippen molar-refractivity contribution in [1.29, 1.82) is 0 Å². The minimum atomic E-state index is 0.340. The number of hydrogen-bond donors (Lipinski definition) is 1. The molecule has 2 nitrogen and oxygen atoms in total. The summed E-state index contributed by atoms with van der Waals surface area (Å²) in [5, 5.41) is 0. The summed E-state index contributed by atoms with van der Waals surface area (Å²) in [7, 11) is 0. The molecule has 1 aromatic carbocycles. The van der Waals surface area contributed by atoms with Gasteiger partial charge in [0.1, 0.15) is 5.75 Å². The van der Waals surface area contributed by atoms with Crippen molar-refractivity contribution in [2.24, 2.45) is 5.41 Å². The Labute approximate surface area is 104 Å². The van der Waals surface area contributed by atoms with E-state index in [1.165, 1.54) is 12.8 Å². The van der Waals surface area contributed by atoms with Crippen molar-refractivity contribution < 1.29 is 4.74 Å². The van der Waals surface area contributed by atoms with Crippen LogP contribution in [0.1, 0.15) is 45.1 Å². The second kappa shape index (κ2) is 4.59. The highest BCUT2D eigenvalue weighted by atomic mass is 16.5. The van der Waals surface area contributed by atoms with E-state index in [1.54, 1.807) is 0 Å². The second-order valence-electron chi connectivity index (χ2n) is 5.97. The van der Waals surface area contributed by atoms with Crippen LogP contribution in [-0.2, 0) is 0 Å². The molecule has 0 radical (unpaired) electrons. The van der Waals surface area contributed by atoms with Crippen LogP contribution in [0.15, 0.2) is 18.2 Å². The molecule has 1 aromatic rings. The van der Waals surface area contributed by atoms with E-state index in [0.29, 0.717) is 11.5 Å². The molecule has 1 aliphatic rings. The molecule has 2 rings (SSSR count). The lowest BCUT2D eigenvalue weighted by molar-refractivity contribution is 0.0993. The summed E-state index contributed by atoms with van der Waals surface area (Å²) in [4.78, 5) is 0. The number of aryl methyl sites for hydroxylation is 1. The maximum atomic E-state index is 6.04. The van der Waals surface area contributed by atoms with Crippen molar-refractivity contribution in [3.05, 3.63) is 23.8 Å². The predicted octanol–water partition coefficient (Wildman–Crippen LogP) is 3.92. The lowest BCUT2D eigenvalue weighted by Gasteiger charge is -2.34. The van der Waals surface area contributed by atoms with Crippen LogP contribution >= 0.6 is 0 Å². The van der Waals surface area contributed by atoms with Crippen molar-refractivity contribution in [2.75, 3.05) is 5.73 Å². The van der Waals surface area contributed by atoms with E-state index < -0.39 is 0 Å². The summed E-state index contributed by atoms with van der Waals surface area (Å²) in [5.74, 6) is 0.856. The molecule has 94 valence electrons. The molecule has 17 heavy (non-hydrogen) atoms. The van der Waals surface area contributed by atoms with Gasteiger partial charge in [-0.25, -0.2) is 0 Å². The highest BCUT2D eigenvalue weighted by molar-refractivity contribution is 5.57. The third-order valence-electron chi connectivity index (χ3n) is 3.86. The first-order chi connectivity index (χ1) is 7.98. The fourth-order valence-electron chi connectivity index (χ4n) is 2.43. The standard InChI is InChI=1S/C15H23NO/c1-11-5-4-6-13(14(11)16)17-12-7-9-15(2,3)10-8-12/h4-6,12H,7-10,16H2,1-3H3. The monoisotopic (exact) mass is 233 g/mol. The van der Waals surface area contributed by atoms with E-state index in [0.717, 1.165) is 29.8 Å². The molecular weight excluding hydrogens is 210 g/mol. The van der Waals surface area contributed by atoms with Crippen molar-refractivity contribution >= 4 is 5.69 Å². The maximum absolute atomic E-state index is 6.04. The van der Waals surface area contributed by atoms with Gasteiger partial charge in [-0.15, -0.1) is 0 Å². The van der Waals surface area contributed by atoms with E-state index in [1.807, 2.05) is 25.1 Å². The van der Waals surface area contributed by atoms with Gasteiger partial charge < -0.3 is 10.5 Å². The van der Waals surface area contributed by atoms with Crippen LogP contribution in [0, 0.1) is 12.3 Å². The largest absolute Gasteiger partial charge is 0.488 e. The molecule has 0 spiro atoms. The number of ether oxygens (including phenoxy) is 1. The number of nitrogen functional groups attached to an aromatic ring is 1. The normalized spacial score (nSPS) is 20.2. The molecule has 0 saturated heterocycles. The molecule has 0 unspecified atom stereocenters. The first kappa shape index (κ1) is 12.3. The van der Waals surface area contributed by atoms with Gasteiger partial charge in [0.05, 0.1) is 11.8 Å². The number of para-hydroxylation sites is 1. The van der Waals surface area contributed by atoms with Crippen LogP contribution in [0.2, 0.25) is 0 Å². The molecule has 0 bridgehead atoms. The number of hydrogen-bond acceptors (Lipinski definition) is 2. The summed E-state index contributed by atoms with van der Waals surface area (Å²) in [6.45, 7) is 6.70. The van der Waals surface area contributed by atoms with Gasteiger partial charge in [0.2, 0.25) is 0 Å². The minimum Gasteiger partial charge on any atom is -0.488 e. The van der Waals surface area contributed by atoms with Gasteiger partial charge in [-0.2, -0.15) is 0 Å². The summed E-state index contributed by atoms with van der Waals surface area (Å²) in [5.41, 5.74) is 8.40. The lowest BCUT2D eigenvalue weighted by Crippen LogP contribution is -2.28. The van der Waals surface area contributed by atoms with Gasteiger partial charge in [-0.05, 0) is 49.7 Å². The zero-order chi connectivity index (χ0) is 12.5. The van der Waals surface area contributed by atoms with Gasteiger partial charge in [-0.3, -0.25) is 0 Å². The number of benzene rings is 1. The molecule has 1 aliphatic carbocycles. The van der Waals surface area contributed by atoms with Gasteiger partial charge in [0, 0.05) is 0 Å². The number of nitrogens with two attached hydrogens (primary N) is 1. The van der Waals surface area contributed by atoms with Crippen molar-refractivity contribution in [2.45, 2.75) is 52.6 Å². The van der Waals surface area contributed by atoms with Crippen LogP contribution in [0.5, 0.6) is 5.75 Å². The Morgan fingerprint density at radius 3 is 2.53 bits per heavy atom. The zero-order valence-corrected chi connectivity index (χ0v) is 11.1. The van der Waals surface area contributed by atoms with Crippen LogP contribution in [0.4, 0.5) is 5.69 Å². The number of rotatable bonds is 2. The zero-order valence-electron chi connectivity index (χ0n) is 11.1. The van der Waals surface area contributed by atoms with Gasteiger partial charge in [0.25, 0.3) is 0 Å². The summed E-state index contributed by atoms with van der Waals surface area (Å²) in [6.07, 6.45) is 5.10. The first-order valence-electron chi connectivity index (χ1n) is 6.50. The van der Waals surface area contributed by atoms with E-state index in [2.05, 4.69) is 13.8 Å². The quantitative estimate of drug-likeness (QED) is 0.786. The Bertz CT molecular complexity index is 388. The molecule has 1 saturated carbocycles. The van der Waals surface area contributed by atoms with Crippen LogP contribution in [0.25, 0.3) is 0 Å². The molecule has 2 N–H and O–H groups in total. The smallest absolute Gasteiger partial charge is 0.142 e. The molecule has 1 fully saturated rings. The summed E-state index contributed by atoms with van der Waals surface area (Å²) >= 11 is 0. The average Bonchev–Trinajstić information content (AvgIpc) is 2.27. The summed E-state index contributed by atoms with van der Waals surface area (Å²) < 4.78 is 6.04. The van der Waals surface area contributed by atoms with Crippen molar-refractivity contribution in [3.8, 4) is 5.75 Å². The Kier molecular flexibility index (Phi) is 3.32. The topological polar surface area (TPSA) is 35.2 Å². The van der Waals surface area contributed by atoms with Gasteiger partial charge in [0.15, 0.2) is 0 Å². The lowest BCUT2D eigenvalue weighted by atomic mass is 9.76. The predicted molar refractivity (Wildman–Crippen MR) is 72.3 cm³/mol. The van der Waals surface area contributed by atoms with Gasteiger partial charge in [-0.1, -0.05) is 26.0 Å². The Morgan fingerprint density at radius 2 is 1.88 bits per heavy atom. The molecule has 0 aliphatic heterocycles. The second-order valence-corrected chi connectivity index (χ2v) is 5.97. The average molecular weight is 233 g/mol. The number of anilines is 1. The van der Waals surface area contributed by atoms with E-state index >= 15 is 0 Å². The van der Waals surface area contributed by atoms with E-state index in [9.17, 15) is 0 Å². The molecule has 0 heterocycles. The molecular formula is C15H23NO. The van der Waals surface area contributed by atoms with Crippen LogP contribution in [-0.4, -0.2) is 6.10 Å². The Hall–Kier alpha value is -1.18. The van der Waals surface area contributed by atoms with E-state index in [-0.39, 0.29) is 0 Å². The van der Waals surface area contributed by atoms with Crippen molar-refractivity contribution in [3.63, 3.8) is 0 Å². The fourth-order valence-corrected chi connectivity index (χ4v) is 2.43. The molecule has 0 aromatic heterocycles.